The fourth-order valence-electron chi connectivity index (χ4n) is 1.31. The lowest BCUT2D eigenvalue weighted by Crippen LogP contribution is -2.03. The number of benzene rings is 1. The van der Waals surface area contributed by atoms with Crippen LogP contribution < -0.4 is 0 Å². The highest BCUT2D eigenvalue weighted by Gasteiger charge is 2.18. The zero-order valence-electron chi connectivity index (χ0n) is 8.34. The largest absolute Gasteiger partial charge is 0.478 e. The lowest BCUT2D eigenvalue weighted by molar-refractivity contribution is -0.130. The number of carboxylic acid groups (broad SMARTS) is 1. The van der Waals surface area contributed by atoms with Gasteiger partial charge < -0.3 is 5.11 Å². The summed E-state index contributed by atoms with van der Waals surface area (Å²) in [5, 5.41) is 9.77. The zero-order valence-corrected chi connectivity index (χ0v) is 9.86. The molecular formula is C11H10Cl2O2. The van der Waals surface area contributed by atoms with E-state index in [1.807, 2.05) is 0 Å². The molecule has 4 heteroatoms. The monoisotopic (exact) mass is 244 g/mol. The number of carbonyl (C=O) groups is 1. The predicted octanol–water partition coefficient (Wildman–Crippen LogP) is 3.87. The minimum Gasteiger partial charge on any atom is -0.478 e. The van der Waals surface area contributed by atoms with Gasteiger partial charge in [-0.25, -0.2) is 4.79 Å². The predicted molar refractivity (Wildman–Crippen MR) is 62.4 cm³/mol. The van der Waals surface area contributed by atoms with Gasteiger partial charge in [0.2, 0.25) is 0 Å². The van der Waals surface area contributed by atoms with Gasteiger partial charge >= 0.3 is 5.97 Å². The highest BCUT2D eigenvalue weighted by Crippen LogP contribution is 2.32. The molecule has 2 nitrogen and oxygen atoms in total. The van der Waals surface area contributed by atoms with E-state index in [2.05, 4.69) is 0 Å². The highest BCUT2D eigenvalue weighted by atomic mass is 35.5. The average molecular weight is 245 g/mol. The molecule has 0 saturated carbocycles. The Morgan fingerprint density at radius 1 is 1.20 bits per heavy atom. The minimum atomic E-state index is -1.02. The summed E-state index contributed by atoms with van der Waals surface area (Å²) in [6.07, 6.45) is 0. The van der Waals surface area contributed by atoms with Crippen LogP contribution in [-0.4, -0.2) is 11.1 Å². The summed E-state index contributed by atoms with van der Waals surface area (Å²) in [6.45, 7) is 3.42. The smallest absolute Gasteiger partial charge is 0.336 e. The maximum absolute atomic E-state index is 11.1. The third-order valence-corrected chi connectivity index (χ3v) is 2.56. The molecule has 0 radical (unpaired) electrons. The van der Waals surface area contributed by atoms with E-state index in [9.17, 15) is 4.79 Å². The fourth-order valence-corrected chi connectivity index (χ4v) is 1.89. The van der Waals surface area contributed by atoms with Crippen molar-refractivity contribution in [3.63, 3.8) is 0 Å². The first kappa shape index (κ1) is 12.1. The van der Waals surface area contributed by atoms with Crippen LogP contribution in [0.3, 0.4) is 0 Å². The van der Waals surface area contributed by atoms with Crippen LogP contribution in [0.25, 0.3) is 5.57 Å². The second-order valence-corrected chi connectivity index (χ2v) is 4.09. The molecule has 15 heavy (non-hydrogen) atoms. The number of allylic oxidation sites excluding steroid dienone is 1. The summed E-state index contributed by atoms with van der Waals surface area (Å²) in [5.41, 5.74) is 1.21. The van der Waals surface area contributed by atoms with Crippen LogP contribution in [0.5, 0.6) is 0 Å². The van der Waals surface area contributed by atoms with Crippen LogP contribution in [0.1, 0.15) is 19.4 Å². The van der Waals surface area contributed by atoms with Crippen molar-refractivity contribution in [1.82, 2.24) is 0 Å². The van der Waals surface area contributed by atoms with Crippen LogP contribution in [-0.2, 0) is 4.79 Å². The lowest BCUT2D eigenvalue weighted by Gasteiger charge is -2.09. The summed E-state index contributed by atoms with van der Waals surface area (Å²) >= 11 is 11.9. The number of hydrogen-bond acceptors (Lipinski definition) is 1. The second-order valence-electron chi connectivity index (χ2n) is 3.28. The van der Waals surface area contributed by atoms with Crippen LogP contribution in [0.15, 0.2) is 23.8 Å². The van der Waals surface area contributed by atoms with Gasteiger partial charge in [0.05, 0.1) is 15.6 Å². The van der Waals surface area contributed by atoms with Crippen molar-refractivity contribution in [2.75, 3.05) is 0 Å². The maximum atomic E-state index is 11.1. The van der Waals surface area contributed by atoms with E-state index in [1.165, 1.54) is 0 Å². The fraction of sp³-hybridized carbons (Fsp3) is 0.182. The molecule has 0 aliphatic heterocycles. The molecule has 0 atom stereocenters. The maximum Gasteiger partial charge on any atom is 0.336 e. The summed E-state index contributed by atoms with van der Waals surface area (Å²) in [6, 6.07) is 4.92. The van der Waals surface area contributed by atoms with E-state index in [1.54, 1.807) is 32.0 Å². The summed E-state index contributed by atoms with van der Waals surface area (Å²) in [4.78, 5) is 11.1. The molecule has 0 aromatic heterocycles. The molecule has 0 aliphatic rings. The molecule has 80 valence electrons. The first-order valence-electron chi connectivity index (χ1n) is 4.30. The molecule has 0 spiro atoms. The molecule has 1 aromatic rings. The Balaban J connectivity index is 3.50. The highest BCUT2D eigenvalue weighted by molar-refractivity contribution is 6.40. The summed E-state index contributed by atoms with van der Waals surface area (Å²) < 4.78 is 0. The van der Waals surface area contributed by atoms with Crippen LogP contribution >= 0.6 is 23.2 Å². The van der Waals surface area contributed by atoms with Crippen molar-refractivity contribution < 1.29 is 9.90 Å². The van der Waals surface area contributed by atoms with Crippen molar-refractivity contribution in [2.24, 2.45) is 0 Å². The topological polar surface area (TPSA) is 37.3 Å². The second kappa shape index (κ2) is 4.69. The van der Waals surface area contributed by atoms with E-state index in [4.69, 9.17) is 28.3 Å². The minimum absolute atomic E-state index is 0.158. The number of halogens is 2. The molecule has 0 fully saturated rings. The van der Waals surface area contributed by atoms with Crippen LogP contribution in [0, 0.1) is 0 Å². The quantitative estimate of drug-likeness (QED) is 0.803. The van der Waals surface area contributed by atoms with Gasteiger partial charge in [0, 0.05) is 5.56 Å². The number of aliphatic carboxylic acids is 1. The van der Waals surface area contributed by atoms with Crippen molar-refractivity contribution in [2.45, 2.75) is 13.8 Å². The Morgan fingerprint density at radius 2 is 1.67 bits per heavy atom. The summed E-state index contributed by atoms with van der Waals surface area (Å²) in [7, 11) is 0. The molecule has 0 bridgehead atoms. The standard InChI is InChI=1S/C11H10Cl2O2/c1-6(2)9(11(14)15)10-7(12)4-3-5-8(10)13/h3-5H,1-2H3,(H,14,15). The van der Waals surface area contributed by atoms with Gasteiger partial charge in [-0.2, -0.15) is 0 Å². The van der Waals surface area contributed by atoms with Crippen molar-refractivity contribution in [3.05, 3.63) is 39.4 Å². The lowest BCUT2D eigenvalue weighted by atomic mass is 10.0. The molecular weight excluding hydrogens is 235 g/mol. The number of rotatable bonds is 2. The molecule has 0 amide bonds. The Hall–Kier alpha value is -0.990. The number of hydrogen-bond donors (Lipinski definition) is 1. The van der Waals surface area contributed by atoms with Gasteiger partial charge in [0.25, 0.3) is 0 Å². The van der Waals surface area contributed by atoms with Gasteiger partial charge in [0.1, 0.15) is 0 Å². The van der Waals surface area contributed by atoms with E-state index >= 15 is 0 Å². The number of carboxylic acids is 1. The molecule has 0 aliphatic carbocycles. The zero-order chi connectivity index (χ0) is 11.6. The van der Waals surface area contributed by atoms with Gasteiger partial charge in [0.15, 0.2) is 0 Å². The molecule has 0 unspecified atom stereocenters. The summed E-state index contributed by atoms with van der Waals surface area (Å²) in [5.74, 6) is -1.02. The first-order valence-corrected chi connectivity index (χ1v) is 5.06. The van der Waals surface area contributed by atoms with E-state index in [0.29, 0.717) is 21.2 Å². The van der Waals surface area contributed by atoms with Gasteiger partial charge in [-0.1, -0.05) is 34.8 Å². The van der Waals surface area contributed by atoms with E-state index in [0.717, 1.165) is 0 Å². The molecule has 0 saturated heterocycles. The molecule has 0 heterocycles. The Morgan fingerprint density at radius 3 is 2.00 bits per heavy atom. The van der Waals surface area contributed by atoms with Crippen molar-refractivity contribution >= 4 is 34.7 Å². The third-order valence-electron chi connectivity index (χ3n) is 1.93. The van der Waals surface area contributed by atoms with Gasteiger partial charge in [-0.3, -0.25) is 0 Å². The van der Waals surface area contributed by atoms with Gasteiger partial charge in [-0.05, 0) is 26.0 Å². The molecule has 1 N–H and O–H groups in total. The van der Waals surface area contributed by atoms with Crippen molar-refractivity contribution in [1.29, 1.82) is 0 Å². The van der Waals surface area contributed by atoms with Crippen LogP contribution in [0.4, 0.5) is 0 Å². The SMILES string of the molecule is CC(C)=C(C(=O)O)c1c(Cl)cccc1Cl. The first-order chi connectivity index (χ1) is 6.95. The average Bonchev–Trinajstić information content (AvgIpc) is 2.09. The third kappa shape index (κ3) is 2.52. The Bertz CT molecular complexity index is 412. The molecule has 1 aromatic carbocycles. The normalized spacial score (nSPS) is 9.87. The Labute approximate surface area is 98.1 Å². The van der Waals surface area contributed by atoms with Crippen LogP contribution in [0.2, 0.25) is 10.0 Å². The van der Waals surface area contributed by atoms with Crippen molar-refractivity contribution in [3.8, 4) is 0 Å². The van der Waals surface area contributed by atoms with E-state index < -0.39 is 5.97 Å². The molecule has 1 rings (SSSR count). The van der Waals surface area contributed by atoms with E-state index in [-0.39, 0.29) is 5.57 Å². The van der Waals surface area contributed by atoms with Gasteiger partial charge in [-0.15, -0.1) is 0 Å². The Kier molecular flexibility index (Phi) is 3.77.